The largest absolute Gasteiger partial charge is 0.381 e. The Hall–Kier alpha value is -1.18. The third kappa shape index (κ3) is 4.22. The minimum atomic E-state index is 0.605. The van der Waals surface area contributed by atoms with Crippen molar-refractivity contribution in [3.8, 4) is 0 Å². The summed E-state index contributed by atoms with van der Waals surface area (Å²) in [5.41, 5.74) is 5.22. The Morgan fingerprint density at radius 3 is 2.48 bits per heavy atom. The zero-order valence-corrected chi connectivity index (χ0v) is 15.1. The molecule has 0 aliphatic heterocycles. The summed E-state index contributed by atoms with van der Waals surface area (Å²) in [6, 6.07) is 12.6. The fourth-order valence-corrected chi connectivity index (χ4v) is 3.76. The van der Waals surface area contributed by atoms with Crippen LogP contribution in [0, 0.1) is 6.92 Å². The van der Waals surface area contributed by atoms with E-state index in [1.54, 1.807) is 0 Å². The number of hydrogen-bond acceptors (Lipinski definition) is 1. The fraction of sp³-hybridized carbons (Fsp3) is 0.400. The highest BCUT2D eigenvalue weighted by Crippen LogP contribution is 2.37. The van der Waals surface area contributed by atoms with Gasteiger partial charge in [0, 0.05) is 12.2 Å². The Bertz CT molecular complexity index is 675. The monoisotopic (exact) mass is 347 g/mol. The molecule has 0 bridgehead atoms. The van der Waals surface area contributed by atoms with Crippen LogP contribution < -0.4 is 5.32 Å². The van der Waals surface area contributed by atoms with E-state index in [-0.39, 0.29) is 0 Å². The van der Waals surface area contributed by atoms with Gasteiger partial charge < -0.3 is 5.32 Å². The first-order valence-corrected chi connectivity index (χ1v) is 9.17. The molecule has 0 amide bonds. The van der Waals surface area contributed by atoms with Crippen molar-refractivity contribution in [3.63, 3.8) is 0 Å². The SMILES string of the molecule is Cc1ccc(NCc2ccc(Cl)c(Cl)c2)c(C2CCCCC2)c1. The molecule has 0 unspecified atom stereocenters. The van der Waals surface area contributed by atoms with Crippen molar-refractivity contribution in [2.75, 3.05) is 5.32 Å². The van der Waals surface area contributed by atoms with Crippen molar-refractivity contribution in [1.29, 1.82) is 0 Å². The van der Waals surface area contributed by atoms with Crippen molar-refractivity contribution in [3.05, 3.63) is 63.1 Å². The van der Waals surface area contributed by atoms with Gasteiger partial charge in [-0.2, -0.15) is 0 Å². The number of hydrogen-bond donors (Lipinski definition) is 1. The summed E-state index contributed by atoms with van der Waals surface area (Å²) in [5, 5.41) is 4.82. The first kappa shape index (κ1) is 16.7. The lowest BCUT2D eigenvalue weighted by Crippen LogP contribution is -2.09. The zero-order valence-electron chi connectivity index (χ0n) is 13.5. The minimum absolute atomic E-state index is 0.605. The van der Waals surface area contributed by atoms with Gasteiger partial charge in [-0.1, -0.05) is 66.2 Å². The zero-order chi connectivity index (χ0) is 16.2. The van der Waals surface area contributed by atoms with Crippen LogP contribution in [0.3, 0.4) is 0 Å². The molecular formula is C20H23Cl2N. The van der Waals surface area contributed by atoms with Crippen LogP contribution >= 0.6 is 23.2 Å². The molecule has 1 fully saturated rings. The Morgan fingerprint density at radius 1 is 0.957 bits per heavy atom. The molecule has 0 atom stereocenters. The van der Waals surface area contributed by atoms with Crippen LogP contribution in [-0.4, -0.2) is 0 Å². The van der Waals surface area contributed by atoms with Crippen molar-refractivity contribution in [2.45, 2.75) is 51.5 Å². The summed E-state index contributed by atoms with van der Waals surface area (Å²) in [5.74, 6) is 0.694. The molecule has 1 nitrogen and oxygen atoms in total. The molecule has 0 heterocycles. The van der Waals surface area contributed by atoms with Gasteiger partial charge in [0.2, 0.25) is 0 Å². The quantitative estimate of drug-likeness (QED) is 0.629. The second kappa shape index (κ2) is 7.59. The normalized spacial score (nSPS) is 15.6. The molecule has 23 heavy (non-hydrogen) atoms. The number of nitrogens with one attached hydrogen (secondary N) is 1. The van der Waals surface area contributed by atoms with Crippen molar-refractivity contribution >= 4 is 28.9 Å². The average molecular weight is 348 g/mol. The Morgan fingerprint density at radius 2 is 1.74 bits per heavy atom. The first-order chi connectivity index (χ1) is 11.1. The van der Waals surface area contributed by atoms with Gasteiger partial charge in [-0.15, -0.1) is 0 Å². The van der Waals surface area contributed by atoms with Gasteiger partial charge in [-0.25, -0.2) is 0 Å². The molecule has 2 aromatic rings. The van der Waals surface area contributed by atoms with E-state index in [2.05, 4.69) is 30.4 Å². The molecule has 3 heteroatoms. The standard InChI is InChI=1S/C20H23Cl2N/c1-14-7-10-20(17(11-14)16-5-3-2-4-6-16)23-13-15-8-9-18(21)19(22)12-15/h7-12,16,23H,2-6,13H2,1H3. The highest BCUT2D eigenvalue weighted by molar-refractivity contribution is 6.42. The molecule has 3 rings (SSSR count). The summed E-state index contributed by atoms with van der Waals surface area (Å²) in [7, 11) is 0. The van der Waals surface area contributed by atoms with Gasteiger partial charge in [-0.3, -0.25) is 0 Å². The van der Waals surface area contributed by atoms with Crippen LogP contribution in [0.5, 0.6) is 0 Å². The van der Waals surface area contributed by atoms with Gasteiger partial charge in [0.15, 0.2) is 0 Å². The molecule has 1 aliphatic carbocycles. The lowest BCUT2D eigenvalue weighted by atomic mass is 9.83. The molecule has 0 spiro atoms. The highest BCUT2D eigenvalue weighted by Gasteiger charge is 2.18. The van der Waals surface area contributed by atoms with E-state index in [0.717, 1.165) is 12.1 Å². The van der Waals surface area contributed by atoms with Gasteiger partial charge in [-0.05, 0) is 55.0 Å². The molecular weight excluding hydrogens is 325 g/mol. The maximum atomic E-state index is 6.11. The second-order valence-electron chi connectivity index (χ2n) is 6.53. The van der Waals surface area contributed by atoms with Crippen LogP contribution in [0.25, 0.3) is 0 Å². The molecule has 1 aliphatic rings. The van der Waals surface area contributed by atoms with E-state index in [1.807, 2.05) is 18.2 Å². The second-order valence-corrected chi connectivity index (χ2v) is 7.34. The molecule has 0 aromatic heterocycles. The predicted molar refractivity (Wildman–Crippen MR) is 101 cm³/mol. The molecule has 122 valence electrons. The predicted octanol–water partition coefficient (Wildman–Crippen LogP) is 6.96. The van der Waals surface area contributed by atoms with Crippen LogP contribution in [0.15, 0.2) is 36.4 Å². The smallest absolute Gasteiger partial charge is 0.0595 e. The van der Waals surface area contributed by atoms with E-state index in [0.29, 0.717) is 16.0 Å². The van der Waals surface area contributed by atoms with E-state index >= 15 is 0 Å². The highest BCUT2D eigenvalue weighted by atomic mass is 35.5. The van der Waals surface area contributed by atoms with E-state index < -0.39 is 0 Å². The number of rotatable bonds is 4. The summed E-state index contributed by atoms with van der Waals surface area (Å²) in [4.78, 5) is 0. The summed E-state index contributed by atoms with van der Waals surface area (Å²) >= 11 is 12.1. The number of halogens is 2. The van der Waals surface area contributed by atoms with Gasteiger partial charge in [0.05, 0.1) is 10.0 Å². The maximum Gasteiger partial charge on any atom is 0.0595 e. The Labute approximate surface area is 149 Å². The minimum Gasteiger partial charge on any atom is -0.381 e. The lowest BCUT2D eigenvalue weighted by molar-refractivity contribution is 0.444. The van der Waals surface area contributed by atoms with Crippen LogP contribution in [-0.2, 0) is 6.54 Å². The van der Waals surface area contributed by atoms with Gasteiger partial charge in [0.25, 0.3) is 0 Å². The summed E-state index contributed by atoms with van der Waals surface area (Å²) in [6.07, 6.45) is 6.71. The van der Waals surface area contributed by atoms with Crippen LogP contribution in [0.1, 0.15) is 54.7 Å². The van der Waals surface area contributed by atoms with Gasteiger partial charge >= 0.3 is 0 Å². The van der Waals surface area contributed by atoms with Crippen molar-refractivity contribution in [2.24, 2.45) is 0 Å². The summed E-state index contributed by atoms with van der Waals surface area (Å²) in [6.45, 7) is 2.94. The molecule has 1 saturated carbocycles. The van der Waals surface area contributed by atoms with E-state index in [9.17, 15) is 0 Å². The Kier molecular flexibility index (Phi) is 5.50. The Balaban J connectivity index is 1.77. The van der Waals surface area contributed by atoms with E-state index in [1.165, 1.54) is 48.9 Å². The number of anilines is 1. The fourth-order valence-electron chi connectivity index (χ4n) is 3.44. The molecule has 0 saturated heterocycles. The topological polar surface area (TPSA) is 12.0 Å². The molecule has 2 aromatic carbocycles. The molecule has 0 radical (unpaired) electrons. The first-order valence-electron chi connectivity index (χ1n) is 8.42. The summed E-state index contributed by atoms with van der Waals surface area (Å²) < 4.78 is 0. The van der Waals surface area contributed by atoms with Crippen LogP contribution in [0.4, 0.5) is 5.69 Å². The van der Waals surface area contributed by atoms with E-state index in [4.69, 9.17) is 23.2 Å². The van der Waals surface area contributed by atoms with Crippen LogP contribution in [0.2, 0.25) is 10.0 Å². The van der Waals surface area contributed by atoms with Crippen molar-refractivity contribution < 1.29 is 0 Å². The lowest BCUT2D eigenvalue weighted by Gasteiger charge is -2.25. The third-order valence-electron chi connectivity index (χ3n) is 4.72. The van der Waals surface area contributed by atoms with Gasteiger partial charge in [0.1, 0.15) is 0 Å². The average Bonchev–Trinajstić information content (AvgIpc) is 2.57. The molecule has 1 N–H and O–H groups in total. The number of aryl methyl sites for hydroxylation is 1. The maximum absolute atomic E-state index is 6.11. The number of benzene rings is 2. The van der Waals surface area contributed by atoms with Crippen molar-refractivity contribution in [1.82, 2.24) is 0 Å². The third-order valence-corrected chi connectivity index (χ3v) is 5.46.